The fourth-order valence-electron chi connectivity index (χ4n) is 1.53. The van der Waals surface area contributed by atoms with Gasteiger partial charge in [-0.15, -0.1) is 0 Å². The van der Waals surface area contributed by atoms with E-state index in [4.69, 9.17) is 0 Å². The van der Waals surface area contributed by atoms with Crippen molar-refractivity contribution in [3.05, 3.63) is 48.0 Å². The molecule has 0 bridgehead atoms. The fraction of sp³-hybridized carbons (Fsp3) is 0.286. The van der Waals surface area contributed by atoms with Gasteiger partial charge in [-0.2, -0.15) is 0 Å². The number of rotatable bonds is 2. The maximum absolute atomic E-state index is 4.37. The highest BCUT2D eigenvalue weighted by Crippen LogP contribution is 2.19. The number of aryl methyl sites for hydroxylation is 1. The number of aromatic nitrogens is 2. The minimum atomic E-state index is 0.382. The highest BCUT2D eigenvalue weighted by molar-refractivity contribution is 5.61. The summed E-state index contributed by atoms with van der Waals surface area (Å²) in [6.45, 7) is 6.28. The summed E-state index contributed by atoms with van der Waals surface area (Å²) in [5.74, 6) is 1.28. The number of nitrogens with zero attached hydrogens (tertiary/aromatic N) is 2. The Bertz CT molecular complexity index is 455. The van der Waals surface area contributed by atoms with Crippen LogP contribution in [0.1, 0.15) is 31.2 Å². The molecule has 0 saturated carbocycles. The van der Waals surface area contributed by atoms with Crippen molar-refractivity contribution in [2.45, 2.75) is 26.7 Å². The Morgan fingerprint density at radius 1 is 0.875 bits per heavy atom. The second kappa shape index (κ2) is 4.44. The molecular weight excluding hydrogens is 196 g/mol. The highest BCUT2D eigenvalue weighted by Gasteiger charge is 2.03. The first-order valence-electron chi connectivity index (χ1n) is 5.56. The van der Waals surface area contributed by atoms with E-state index < -0.39 is 0 Å². The van der Waals surface area contributed by atoms with Gasteiger partial charge in [0, 0.05) is 23.9 Å². The van der Waals surface area contributed by atoms with Crippen LogP contribution in [0.15, 0.2) is 36.7 Å². The monoisotopic (exact) mass is 212 g/mol. The molecule has 0 unspecified atom stereocenters. The molecule has 2 nitrogen and oxygen atoms in total. The Morgan fingerprint density at radius 2 is 1.44 bits per heavy atom. The van der Waals surface area contributed by atoms with Crippen molar-refractivity contribution in [3.63, 3.8) is 0 Å². The van der Waals surface area contributed by atoms with Gasteiger partial charge in [0.2, 0.25) is 0 Å². The standard InChI is InChI=1S/C14H16N2/c1-10(2)14-15-8-13(9-16-14)12-6-4-11(3)5-7-12/h4-10H,1-3H3. The Hall–Kier alpha value is -1.70. The van der Waals surface area contributed by atoms with Crippen LogP contribution in [0, 0.1) is 6.92 Å². The molecule has 2 rings (SSSR count). The Morgan fingerprint density at radius 3 is 1.94 bits per heavy atom. The topological polar surface area (TPSA) is 25.8 Å². The van der Waals surface area contributed by atoms with Gasteiger partial charge in [0.05, 0.1) is 0 Å². The molecule has 0 aliphatic rings. The molecule has 1 aromatic heterocycles. The van der Waals surface area contributed by atoms with Gasteiger partial charge in [0.15, 0.2) is 0 Å². The molecule has 2 aromatic rings. The lowest BCUT2D eigenvalue weighted by Gasteiger charge is -2.05. The van der Waals surface area contributed by atoms with Gasteiger partial charge in [0.1, 0.15) is 5.82 Å². The second-order valence-electron chi connectivity index (χ2n) is 4.35. The van der Waals surface area contributed by atoms with E-state index in [9.17, 15) is 0 Å². The van der Waals surface area contributed by atoms with E-state index in [2.05, 4.69) is 55.0 Å². The average molecular weight is 212 g/mol. The van der Waals surface area contributed by atoms with Crippen LogP contribution in [0.4, 0.5) is 0 Å². The van der Waals surface area contributed by atoms with Crippen molar-refractivity contribution in [2.75, 3.05) is 0 Å². The molecule has 0 spiro atoms. The maximum Gasteiger partial charge on any atom is 0.130 e. The molecule has 1 heterocycles. The molecule has 0 radical (unpaired) electrons. The second-order valence-corrected chi connectivity index (χ2v) is 4.35. The first-order chi connectivity index (χ1) is 7.66. The number of benzene rings is 1. The average Bonchev–Trinajstić information content (AvgIpc) is 2.30. The zero-order chi connectivity index (χ0) is 11.5. The molecule has 82 valence electrons. The van der Waals surface area contributed by atoms with E-state index in [-0.39, 0.29) is 0 Å². The third-order valence-corrected chi connectivity index (χ3v) is 2.57. The van der Waals surface area contributed by atoms with Gasteiger partial charge in [-0.1, -0.05) is 43.7 Å². The van der Waals surface area contributed by atoms with Crippen LogP contribution < -0.4 is 0 Å². The zero-order valence-electron chi connectivity index (χ0n) is 9.94. The molecule has 0 fully saturated rings. The largest absolute Gasteiger partial charge is 0.240 e. The predicted molar refractivity (Wildman–Crippen MR) is 66.3 cm³/mol. The smallest absolute Gasteiger partial charge is 0.130 e. The summed E-state index contributed by atoms with van der Waals surface area (Å²) in [7, 11) is 0. The molecule has 0 amide bonds. The summed E-state index contributed by atoms with van der Waals surface area (Å²) in [6.07, 6.45) is 3.79. The van der Waals surface area contributed by atoms with Gasteiger partial charge < -0.3 is 0 Å². The zero-order valence-corrected chi connectivity index (χ0v) is 9.94. The van der Waals surface area contributed by atoms with Gasteiger partial charge in [0.25, 0.3) is 0 Å². The SMILES string of the molecule is Cc1ccc(-c2cnc(C(C)C)nc2)cc1. The van der Waals surface area contributed by atoms with E-state index in [1.54, 1.807) is 0 Å². The van der Waals surface area contributed by atoms with Crippen molar-refractivity contribution in [1.82, 2.24) is 9.97 Å². The van der Waals surface area contributed by atoms with Crippen LogP contribution in [0.5, 0.6) is 0 Å². The molecule has 16 heavy (non-hydrogen) atoms. The van der Waals surface area contributed by atoms with Crippen LogP contribution in [0.2, 0.25) is 0 Å². The summed E-state index contributed by atoms with van der Waals surface area (Å²) >= 11 is 0. The minimum absolute atomic E-state index is 0.382. The van der Waals surface area contributed by atoms with Gasteiger partial charge in [-0.3, -0.25) is 0 Å². The van der Waals surface area contributed by atoms with Crippen LogP contribution >= 0.6 is 0 Å². The first-order valence-corrected chi connectivity index (χ1v) is 5.56. The lowest BCUT2D eigenvalue weighted by molar-refractivity contribution is 0.775. The molecule has 2 heteroatoms. The van der Waals surface area contributed by atoms with E-state index in [0.717, 1.165) is 11.4 Å². The normalized spacial score (nSPS) is 10.8. The van der Waals surface area contributed by atoms with Gasteiger partial charge in [-0.25, -0.2) is 9.97 Å². The van der Waals surface area contributed by atoms with E-state index in [0.29, 0.717) is 5.92 Å². The van der Waals surface area contributed by atoms with Crippen molar-refractivity contribution in [1.29, 1.82) is 0 Å². The predicted octanol–water partition coefficient (Wildman–Crippen LogP) is 3.58. The Kier molecular flexibility index (Phi) is 3.00. The lowest BCUT2D eigenvalue weighted by atomic mass is 10.1. The summed E-state index contributed by atoms with van der Waals surface area (Å²) in [5.41, 5.74) is 3.51. The molecular formula is C14H16N2. The quantitative estimate of drug-likeness (QED) is 0.760. The van der Waals surface area contributed by atoms with Crippen LogP contribution in [-0.4, -0.2) is 9.97 Å². The van der Waals surface area contributed by atoms with Crippen LogP contribution in [0.25, 0.3) is 11.1 Å². The summed E-state index contributed by atoms with van der Waals surface area (Å²) < 4.78 is 0. The molecule has 0 atom stereocenters. The van der Waals surface area contributed by atoms with E-state index in [1.165, 1.54) is 11.1 Å². The van der Waals surface area contributed by atoms with Gasteiger partial charge >= 0.3 is 0 Å². The van der Waals surface area contributed by atoms with Crippen LogP contribution in [0.3, 0.4) is 0 Å². The lowest BCUT2D eigenvalue weighted by Crippen LogP contribution is -1.96. The van der Waals surface area contributed by atoms with Crippen molar-refractivity contribution >= 4 is 0 Å². The van der Waals surface area contributed by atoms with Gasteiger partial charge in [-0.05, 0) is 12.5 Å². The summed E-state index contributed by atoms with van der Waals surface area (Å²) in [4.78, 5) is 8.73. The minimum Gasteiger partial charge on any atom is -0.240 e. The Balaban J connectivity index is 2.31. The molecule has 0 aliphatic heterocycles. The third kappa shape index (κ3) is 2.27. The number of hydrogen-bond acceptors (Lipinski definition) is 2. The number of hydrogen-bond donors (Lipinski definition) is 0. The van der Waals surface area contributed by atoms with Crippen molar-refractivity contribution in [2.24, 2.45) is 0 Å². The summed E-state index contributed by atoms with van der Waals surface area (Å²) in [6, 6.07) is 8.41. The van der Waals surface area contributed by atoms with Crippen LogP contribution in [-0.2, 0) is 0 Å². The fourth-order valence-corrected chi connectivity index (χ4v) is 1.53. The molecule has 0 saturated heterocycles. The highest BCUT2D eigenvalue weighted by atomic mass is 14.9. The maximum atomic E-state index is 4.37. The molecule has 0 N–H and O–H groups in total. The first kappa shape index (κ1) is 10.8. The van der Waals surface area contributed by atoms with Crippen molar-refractivity contribution < 1.29 is 0 Å². The summed E-state index contributed by atoms with van der Waals surface area (Å²) in [5, 5.41) is 0. The van der Waals surface area contributed by atoms with Crippen molar-refractivity contribution in [3.8, 4) is 11.1 Å². The Labute approximate surface area is 96.4 Å². The molecule has 0 aliphatic carbocycles. The van der Waals surface area contributed by atoms with E-state index in [1.807, 2.05) is 12.4 Å². The van der Waals surface area contributed by atoms with E-state index >= 15 is 0 Å². The third-order valence-electron chi connectivity index (χ3n) is 2.57. The molecule has 1 aromatic carbocycles.